The molecule has 3 rings (SSSR count). The first-order valence-corrected chi connectivity index (χ1v) is 12.8. The zero-order valence-electron chi connectivity index (χ0n) is 17.1. The maximum atomic E-state index is 13.2. The van der Waals surface area contributed by atoms with Gasteiger partial charge in [0.15, 0.2) is 5.13 Å². The van der Waals surface area contributed by atoms with E-state index in [2.05, 4.69) is 43.2 Å². The molecule has 2 aromatic carbocycles. The number of anilines is 1. The molecule has 0 aliphatic heterocycles. The summed E-state index contributed by atoms with van der Waals surface area (Å²) in [5.74, 6) is 0.517. The van der Waals surface area contributed by atoms with E-state index < -0.39 is 0 Å². The number of likely N-dealkylation sites (N-methyl/N-ethyl adjacent to an activating group) is 1. The monoisotopic (exact) mass is 445 g/mol. The third-order valence-electron chi connectivity index (χ3n) is 4.76. The zero-order valence-corrected chi connectivity index (χ0v) is 19.6. The number of nitrogens with zero attached hydrogens (tertiary/aromatic N) is 3. The number of para-hydroxylation sites is 1. The molecule has 1 heterocycles. The average molecular weight is 446 g/mol. The molecule has 1 aromatic heterocycles. The third-order valence-corrected chi connectivity index (χ3v) is 7.57. The van der Waals surface area contributed by atoms with Crippen LogP contribution in [0.4, 0.5) is 5.13 Å². The second kappa shape index (κ2) is 11.0. The van der Waals surface area contributed by atoms with Crippen molar-refractivity contribution in [2.45, 2.75) is 23.6 Å². The molecular weight excluding hydrogens is 418 g/mol. The quantitative estimate of drug-likeness (QED) is 0.386. The van der Waals surface area contributed by atoms with Crippen LogP contribution in [0, 0.1) is 0 Å². The highest BCUT2D eigenvalue weighted by Crippen LogP contribution is 2.34. The number of carbonyl (C=O) groups is 1. The Hall–Kier alpha value is -1.54. The Kier molecular flexibility index (Phi) is 8.41. The molecule has 7 heteroatoms. The van der Waals surface area contributed by atoms with E-state index in [-0.39, 0.29) is 5.91 Å². The Balaban J connectivity index is 1.83. The van der Waals surface area contributed by atoms with Gasteiger partial charge in [0, 0.05) is 22.9 Å². The Labute approximate surface area is 185 Å². The van der Waals surface area contributed by atoms with E-state index in [9.17, 15) is 4.79 Å². The number of carbonyl (C=O) groups excluding carboxylic acids is 1. The van der Waals surface area contributed by atoms with Gasteiger partial charge in [0.1, 0.15) is 0 Å². The molecule has 0 saturated heterocycles. The van der Waals surface area contributed by atoms with E-state index in [4.69, 9.17) is 4.98 Å². The van der Waals surface area contributed by atoms with Crippen molar-refractivity contribution in [3.05, 3.63) is 48.5 Å². The van der Waals surface area contributed by atoms with Gasteiger partial charge >= 0.3 is 0 Å². The molecule has 29 heavy (non-hydrogen) atoms. The summed E-state index contributed by atoms with van der Waals surface area (Å²) in [6.07, 6.45) is 2.06. The zero-order chi connectivity index (χ0) is 20.6. The van der Waals surface area contributed by atoms with Crippen molar-refractivity contribution in [3.8, 4) is 0 Å². The molecule has 0 saturated carbocycles. The van der Waals surface area contributed by atoms with Crippen LogP contribution in [0.3, 0.4) is 0 Å². The lowest BCUT2D eigenvalue weighted by atomic mass is 10.3. The summed E-state index contributed by atoms with van der Waals surface area (Å²) in [6, 6.07) is 16.3. The first-order valence-electron chi connectivity index (χ1n) is 9.80. The maximum absolute atomic E-state index is 13.2. The Morgan fingerprint density at radius 1 is 1.03 bits per heavy atom. The van der Waals surface area contributed by atoms with Crippen molar-refractivity contribution in [1.29, 1.82) is 0 Å². The summed E-state index contributed by atoms with van der Waals surface area (Å²) in [7, 11) is 0. The Bertz CT molecular complexity index is 925. The highest BCUT2D eigenvalue weighted by Gasteiger charge is 2.21. The standard InChI is InChI=1S/C22H27N3OS3/c1-4-24(5-2)14-15-25(20(26)16-28-17-10-7-6-8-11-17)22-23-21-18(27-3)12-9-13-19(21)29-22/h6-13H,4-5,14-16H2,1-3H3. The van der Waals surface area contributed by atoms with Gasteiger partial charge in [-0.2, -0.15) is 0 Å². The lowest BCUT2D eigenvalue weighted by molar-refractivity contribution is -0.116. The van der Waals surface area contributed by atoms with E-state index in [0.29, 0.717) is 12.3 Å². The van der Waals surface area contributed by atoms with E-state index in [0.717, 1.165) is 44.8 Å². The first-order chi connectivity index (χ1) is 14.2. The van der Waals surface area contributed by atoms with Gasteiger partial charge in [0.2, 0.25) is 5.91 Å². The fraction of sp³-hybridized carbons (Fsp3) is 0.364. The molecule has 0 bridgehead atoms. The van der Waals surface area contributed by atoms with Crippen LogP contribution in [0.25, 0.3) is 10.2 Å². The number of amides is 1. The molecule has 0 N–H and O–H groups in total. The number of aromatic nitrogens is 1. The van der Waals surface area contributed by atoms with Crippen LogP contribution in [-0.4, -0.2) is 54.0 Å². The molecule has 0 aliphatic rings. The Morgan fingerprint density at radius 2 is 1.79 bits per heavy atom. The minimum absolute atomic E-state index is 0.107. The van der Waals surface area contributed by atoms with Crippen molar-refractivity contribution in [1.82, 2.24) is 9.88 Å². The van der Waals surface area contributed by atoms with Crippen LogP contribution in [0.1, 0.15) is 13.8 Å². The highest BCUT2D eigenvalue weighted by atomic mass is 32.2. The summed E-state index contributed by atoms with van der Waals surface area (Å²) in [6.45, 7) is 7.78. The molecule has 3 aromatic rings. The predicted molar refractivity (Wildman–Crippen MR) is 129 cm³/mol. The molecule has 0 fully saturated rings. The van der Waals surface area contributed by atoms with Gasteiger partial charge in [0.25, 0.3) is 0 Å². The van der Waals surface area contributed by atoms with Crippen LogP contribution in [-0.2, 0) is 4.79 Å². The Morgan fingerprint density at radius 3 is 2.48 bits per heavy atom. The minimum Gasteiger partial charge on any atom is -0.302 e. The normalized spacial score (nSPS) is 11.3. The molecule has 0 spiro atoms. The number of thiazole rings is 1. The molecular formula is C22H27N3OS3. The van der Waals surface area contributed by atoms with Gasteiger partial charge in [-0.15, -0.1) is 23.5 Å². The average Bonchev–Trinajstić information content (AvgIpc) is 3.20. The van der Waals surface area contributed by atoms with Crippen molar-refractivity contribution in [2.24, 2.45) is 0 Å². The molecule has 154 valence electrons. The first kappa shape index (κ1) is 22.2. The van der Waals surface area contributed by atoms with Crippen molar-refractivity contribution in [2.75, 3.05) is 43.1 Å². The number of rotatable bonds is 10. The summed E-state index contributed by atoms with van der Waals surface area (Å²) in [5, 5.41) is 0.798. The van der Waals surface area contributed by atoms with Gasteiger partial charge in [-0.3, -0.25) is 9.69 Å². The fourth-order valence-electron chi connectivity index (χ4n) is 3.04. The van der Waals surface area contributed by atoms with Gasteiger partial charge in [-0.1, -0.05) is 49.4 Å². The van der Waals surface area contributed by atoms with E-state index in [1.54, 1.807) is 34.9 Å². The van der Waals surface area contributed by atoms with Gasteiger partial charge < -0.3 is 4.90 Å². The molecule has 0 atom stereocenters. The summed E-state index contributed by atoms with van der Waals surface area (Å²) in [4.78, 5) is 24.5. The summed E-state index contributed by atoms with van der Waals surface area (Å²) in [5.41, 5.74) is 0.997. The maximum Gasteiger partial charge on any atom is 0.239 e. The van der Waals surface area contributed by atoms with Crippen LogP contribution < -0.4 is 4.90 Å². The number of hydrogen-bond acceptors (Lipinski definition) is 6. The fourth-order valence-corrected chi connectivity index (χ4v) is 5.50. The second-order valence-corrected chi connectivity index (χ2v) is 9.38. The highest BCUT2D eigenvalue weighted by molar-refractivity contribution is 8.00. The smallest absolute Gasteiger partial charge is 0.239 e. The molecule has 0 unspecified atom stereocenters. The molecule has 0 aliphatic carbocycles. The van der Waals surface area contributed by atoms with Crippen molar-refractivity contribution >= 4 is 56.1 Å². The third kappa shape index (κ3) is 5.75. The van der Waals surface area contributed by atoms with Crippen molar-refractivity contribution < 1.29 is 4.79 Å². The lowest BCUT2D eigenvalue weighted by Crippen LogP contribution is -2.39. The van der Waals surface area contributed by atoms with E-state index in [1.807, 2.05) is 35.2 Å². The van der Waals surface area contributed by atoms with Gasteiger partial charge in [-0.05, 0) is 43.6 Å². The van der Waals surface area contributed by atoms with E-state index >= 15 is 0 Å². The topological polar surface area (TPSA) is 36.4 Å². The second-order valence-electron chi connectivity index (χ2n) is 6.48. The van der Waals surface area contributed by atoms with Crippen LogP contribution in [0.5, 0.6) is 0 Å². The predicted octanol–water partition coefficient (Wildman–Crippen LogP) is 5.49. The summed E-state index contributed by atoms with van der Waals surface area (Å²) >= 11 is 4.88. The lowest BCUT2D eigenvalue weighted by Gasteiger charge is -2.24. The van der Waals surface area contributed by atoms with Crippen LogP contribution >= 0.6 is 34.9 Å². The molecule has 4 nitrogen and oxygen atoms in total. The van der Waals surface area contributed by atoms with Crippen molar-refractivity contribution in [3.63, 3.8) is 0 Å². The number of benzene rings is 2. The van der Waals surface area contributed by atoms with Crippen LogP contribution in [0.2, 0.25) is 0 Å². The number of hydrogen-bond donors (Lipinski definition) is 0. The molecule has 1 amide bonds. The number of fused-ring (bicyclic) bond motifs is 1. The van der Waals surface area contributed by atoms with E-state index in [1.165, 1.54) is 0 Å². The largest absolute Gasteiger partial charge is 0.302 e. The number of thioether (sulfide) groups is 2. The van der Waals surface area contributed by atoms with Gasteiger partial charge in [0.05, 0.1) is 16.0 Å². The van der Waals surface area contributed by atoms with Gasteiger partial charge in [-0.25, -0.2) is 4.98 Å². The SMILES string of the molecule is CCN(CC)CCN(C(=O)CSc1ccccc1)c1nc2c(SC)cccc2s1. The summed E-state index contributed by atoms with van der Waals surface area (Å²) < 4.78 is 1.13. The van der Waals surface area contributed by atoms with Crippen LogP contribution in [0.15, 0.2) is 58.3 Å². The molecule has 0 radical (unpaired) electrons. The minimum atomic E-state index is 0.107.